The highest BCUT2D eigenvalue weighted by Crippen LogP contribution is 2.29. The van der Waals surface area contributed by atoms with Gasteiger partial charge in [0.1, 0.15) is 5.75 Å². The maximum Gasteiger partial charge on any atom is 0.254 e. The second-order valence-corrected chi connectivity index (χ2v) is 6.70. The average molecular weight is 302 g/mol. The van der Waals surface area contributed by atoms with Gasteiger partial charge in [-0.25, -0.2) is 0 Å². The molecule has 0 radical (unpaired) electrons. The number of rotatable bonds is 5. The summed E-state index contributed by atoms with van der Waals surface area (Å²) in [4.78, 5) is 14.7. The van der Waals surface area contributed by atoms with Crippen molar-refractivity contribution in [3.8, 4) is 5.75 Å². The van der Waals surface area contributed by atoms with Gasteiger partial charge in [0.05, 0.1) is 6.61 Å². The van der Waals surface area contributed by atoms with Gasteiger partial charge in [0, 0.05) is 24.2 Å². The molecular formula is C18H26N2O2. The van der Waals surface area contributed by atoms with Crippen molar-refractivity contribution in [3.63, 3.8) is 0 Å². The summed E-state index contributed by atoms with van der Waals surface area (Å²) < 4.78 is 5.72. The molecule has 1 aromatic carbocycles. The first-order valence-electron chi connectivity index (χ1n) is 8.44. The summed E-state index contributed by atoms with van der Waals surface area (Å²) in [6, 6.07) is 7.73. The van der Waals surface area contributed by atoms with E-state index in [1.54, 1.807) is 0 Å². The zero-order valence-electron chi connectivity index (χ0n) is 13.3. The summed E-state index contributed by atoms with van der Waals surface area (Å²) in [5.41, 5.74) is 6.79. The molecule has 1 heterocycles. The number of benzene rings is 1. The Morgan fingerprint density at radius 3 is 2.64 bits per heavy atom. The van der Waals surface area contributed by atoms with E-state index in [0.29, 0.717) is 0 Å². The molecule has 1 aliphatic carbocycles. The molecule has 3 rings (SSSR count). The number of nitrogens with two attached hydrogens (primary N) is 1. The monoisotopic (exact) mass is 302 g/mol. The standard InChI is InChI=1S/C18H26N2O2/c1-13(19)17-4-2-3-11-20(17)18(21)15-7-9-16(10-8-15)22-12-14-5-6-14/h7-10,13-14,17H,2-6,11-12,19H2,1H3. The number of ether oxygens (including phenoxy) is 1. The van der Waals surface area contributed by atoms with E-state index in [2.05, 4.69) is 0 Å². The van der Waals surface area contributed by atoms with Crippen LogP contribution in [0.2, 0.25) is 0 Å². The lowest BCUT2D eigenvalue weighted by atomic mass is 9.96. The third-order valence-electron chi connectivity index (χ3n) is 4.70. The minimum atomic E-state index is 0.0189. The van der Waals surface area contributed by atoms with Gasteiger partial charge in [0.15, 0.2) is 0 Å². The first kappa shape index (κ1) is 15.3. The molecule has 2 aliphatic rings. The number of amides is 1. The van der Waals surface area contributed by atoms with E-state index in [4.69, 9.17) is 10.5 Å². The molecule has 1 aliphatic heterocycles. The average Bonchev–Trinajstić information content (AvgIpc) is 3.37. The highest BCUT2D eigenvalue weighted by atomic mass is 16.5. The Labute approximate surface area is 132 Å². The van der Waals surface area contributed by atoms with E-state index < -0.39 is 0 Å². The Hall–Kier alpha value is -1.55. The van der Waals surface area contributed by atoms with Gasteiger partial charge in [0.25, 0.3) is 5.91 Å². The van der Waals surface area contributed by atoms with E-state index in [1.807, 2.05) is 36.1 Å². The van der Waals surface area contributed by atoms with Gasteiger partial charge in [-0.15, -0.1) is 0 Å². The molecule has 2 N–H and O–H groups in total. The normalized spacial score (nSPS) is 23.2. The molecule has 22 heavy (non-hydrogen) atoms. The molecule has 0 bridgehead atoms. The van der Waals surface area contributed by atoms with Crippen LogP contribution >= 0.6 is 0 Å². The lowest BCUT2D eigenvalue weighted by molar-refractivity contribution is 0.0584. The van der Waals surface area contributed by atoms with Gasteiger partial charge in [-0.1, -0.05) is 0 Å². The zero-order chi connectivity index (χ0) is 15.5. The number of hydrogen-bond donors (Lipinski definition) is 1. The van der Waals surface area contributed by atoms with E-state index >= 15 is 0 Å². The number of hydrogen-bond acceptors (Lipinski definition) is 3. The Morgan fingerprint density at radius 1 is 1.27 bits per heavy atom. The second kappa shape index (κ2) is 6.69. The number of piperidine rings is 1. The third kappa shape index (κ3) is 3.61. The van der Waals surface area contributed by atoms with E-state index in [9.17, 15) is 4.79 Å². The Balaban J connectivity index is 1.64. The molecule has 120 valence electrons. The summed E-state index contributed by atoms with van der Waals surface area (Å²) >= 11 is 0. The van der Waals surface area contributed by atoms with Crippen LogP contribution in [0.3, 0.4) is 0 Å². The van der Waals surface area contributed by atoms with Crippen LogP contribution in [0.25, 0.3) is 0 Å². The van der Waals surface area contributed by atoms with Crippen LogP contribution in [0, 0.1) is 5.92 Å². The smallest absolute Gasteiger partial charge is 0.254 e. The van der Waals surface area contributed by atoms with Crippen LogP contribution in [-0.2, 0) is 0 Å². The van der Waals surface area contributed by atoms with Crippen molar-refractivity contribution in [2.45, 2.75) is 51.1 Å². The maximum atomic E-state index is 12.7. The van der Waals surface area contributed by atoms with Crippen molar-refractivity contribution in [1.29, 1.82) is 0 Å². The van der Waals surface area contributed by atoms with Crippen LogP contribution in [0.4, 0.5) is 0 Å². The van der Waals surface area contributed by atoms with E-state index in [0.717, 1.165) is 49.6 Å². The van der Waals surface area contributed by atoms with Crippen LogP contribution in [0.15, 0.2) is 24.3 Å². The van der Waals surface area contributed by atoms with Crippen LogP contribution in [0.5, 0.6) is 5.75 Å². The lowest BCUT2D eigenvalue weighted by Crippen LogP contribution is -2.51. The van der Waals surface area contributed by atoms with Crippen molar-refractivity contribution in [2.24, 2.45) is 11.7 Å². The number of nitrogens with zero attached hydrogens (tertiary/aromatic N) is 1. The molecule has 1 aromatic rings. The predicted octanol–water partition coefficient (Wildman–Crippen LogP) is 2.82. The Bertz CT molecular complexity index is 508. The molecule has 1 saturated heterocycles. The molecule has 0 aromatic heterocycles. The fraction of sp³-hybridized carbons (Fsp3) is 0.611. The van der Waals surface area contributed by atoms with E-state index in [-0.39, 0.29) is 18.0 Å². The predicted molar refractivity (Wildman–Crippen MR) is 87.0 cm³/mol. The summed E-state index contributed by atoms with van der Waals surface area (Å²) in [6.45, 7) is 3.60. The molecule has 2 atom stereocenters. The van der Waals surface area contributed by atoms with Gasteiger partial charge in [-0.2, -0.15) is 0 Å². The first-order valence-corrected chi connectivity index (χ1v) is 8.44. The molecule has 0 spiro atoms. The van der Waals surface area contributed by atoms with Crippen molar-refractivity contribution in [3.05, 3.63) is 29.8 Å². The molecule has 2 fully saturated rings. The summed E-state index contributed by atoms with van der Waals surface area (Å²) in [7, 11) is 0. The number of likely N-dealkylation sites (tertiary alicyclic amines) is 1. The molecule has 4 heteroatoms. The third-order valence-corrected chi connectivity index (χ3v) is 4.70. The molecule has 1 amide bonds. The van der Waals surface area contributed by atoms with Crippen LogP contribution < -0.4 is 10.5 Å². The largest absolute Gasteiger partial charge is 0.493 e. The SMILES string of the molecule is CC(N)C1CCCCN1C(=O)c1ccc(OCC2CC2)cc1. The fourth-order valence-corrected chi connectivity index (χ4v) is 3.11. The first-order chi connectivity index (χ1) is 10.6. The van der Waals surface area contributed by atoms with Crippen molar-refractivity contribution >= 4 is 5.91 Å². The van der Waals surface area contributed by atoms with Crippen molar-refractivity contribution < 1.29 is 9.53 Å². The second-order valence-electron chi connectivity index (χ2n) is 6.70. The number of carbonyl (C=O) groups is 1. The molecule has 4 nitrogen and oxygen atoms in total. The van der Waals surface area contributed by atoms with E-state index in [1.165, 1.54) is 12.8 Å². The minimum Gasteiger partial charge on any atom is -0.493 e. The van der Waals surface area contributed by atoms with Crippen molar-refractivity contribution in [2.75, 3.05) is 13.2 Å². The lowest BCUT2D eigenvalue weighted by Gasteiger charge is -2.38. The Kier molecular flexibility index (Phi) is 4.67. The number of carbonyl (C=O) groups excluding carboxylic acids is 1. The summed E-state index contributed by atoms with van der Waals surface area (Å²) in [6.07, 6.45) is 5.79. The fourth-order valence-electron chi connectivity index (χ4n) is 3.11. The maximum absolute atomic E-state index is 12.7. The van der Waals surface area contributed by atoms with Crippen LogP contribution in [-0.4, -0.2) is 36.0 Å². The van der Waals surface area contributed by atoms with Crippen LogP contribution in [0.1, 0.15) is 49.4 Å². The van der Waals surface area contributed by atoms with Gasteiger partial charge < -0.3 is 15.4 Å². The quantitative estimate of drug-likeness (QED) is 0.910. The zero-order valence-corrected chi connectivity index (χ0v) is 13.3. The topological polar surface area (TPSA) is 55.6 Å². The highest BCUT2D eigenvalue weighted by molar-refractivity contribution is 5.94. The van der Waals surface area contributed by atoms with Gasteiger partial charge in [-0.3, -0.25) is 4.79 Å². The molecule has 1 saturated carbocycles. The summed E-state index contributed by atoms with van der Waals surface area (Å²) in [5, 5.41) is 0. The minimum absolute atomic E-state index is 0.0189. The Morgan fingerprint density at radius 2 is 2.00 bits per heavy atom. The van der Waals surface area contributed by atoms with Gasteiger partial charge in [0.2, 0.25) is 0 Å². The molecule has 2 unspecified atom stereocenters. The molecular weight excluding hydrogens is 276 g/mol. The van der Waals surface area contributed by atoms with Gasteiger partial charge in [-0.05, 0) is 69.2 Å². The van der Waals surface area contributed by atoms with Crippen molar-refractivity contribution in [1.82, 2.24) is 4.90 Å². The highest BCUT2D eigenvalue weighted by Gasteiger charge is 2.29. The summed E-state index contributed by atoms with van der Waals surface area (Å²) in [5.74, 6) is 1.68. The van der Waals surface area contributed by atoms with Gasteiger partial charge >= 0.3 is 0 Å².